The van der Waals surface area contributed by atoms with Crippen LogP contribution in [0, 0.1) is 17.8 Å². The van der Waals surface area contributed by atoms with Gasteiger partial charge in [0.15, 0.2) is 0 Å². The summed E-state index contributed by atoms with van der Waals surface area (Å²) in [5, 5.41) is 5.47. The maximum Gasteiger partial charge on any atom is 0.329 e. The number of likely N-dealkylation sites (N-methyl/N-ethyl adjacent to an activating group) is 1. The molecule has 2 amide bonds. The summed E-state index contributed by atoms with van der Waals surface area (Å²) in [6.07, 6.45) is -0.406. The number of H-pyrrole nitrogens is 1. The Morgan fingerprint density at radius 2 is 1.68 bits per heavy atom. The van der Waals surface area contributed by atoms with Crippen LogP contribution in [0.3, 0.4) is 0 Å². The smallest absolute Gasteiger partial charge is 0.329 e. The Morgan fingerprint density at radius 3 is 2.26 bits per heavy atom. The van der Waals surface area contributed by atoms with Crippen LogP contribution < -0.4 is 21.9 Å². The zero-order valence-electron chi connectivity index (χ0n) is 20.3. The topological polar surface area (TPSA) is 150 Å². The number of rotatable bonds is 11. The summed E-state index contributed by atoms with van der Waals surface area (Å²) >= 11 is 0. The van der Waals surface area contributed by atoms with Gasteiger partial charge in [0.2, 0.25) is 19.2 Å². The van der Waals surface area contributed by atoms with Crippen LogP contribution in [0.1, 0.15) is 40.5 Å². The maximum absolute atomic E-state index is 13.2. The monoisotopic (exact) mass is 494 g/mol. The highest BCUT2D eigenvalue weighted by molar-refractivity contribution is 7.56. The third-order valence-corrected chi connectivity index (χ3v) is 7.21. The molecule has 1 heterocycles. The van der Waals surface area contributed by atoms with E-state index in [1.165, 1.54) is 13.1 Å². The summed E-state index contributed by atoms with van der Waals surface area (Å²) < 4.78 is 13.9. The molecule has 4 N–H and O–H groups in total. The number of hydrogen-bond donors (Lipinski definition) is 4. The molecule has 0 aliphatic heterocycles. The van der Waals surface area contributed by atoms with Gasteiger partial charge in [-0.05, 0) is 36.8 Å². The molecule has 2 rings (SSSR count). The average molecular weight is 495 g/mol. The summed E-state index contributed by atoms with van der Waals surface area (Å²) in [4.78, 5) is 63.8. The first-order chi connectivity index (χ1) is 15.8. The van der Waals surface area contributed by atoms with Gasteiger partial charge in [0, 0.05) is 19.1 Å². The van der Waals surface area contributed by atoms with Crippen molar-refractivity contribution in [3.8, 4) is 0 Å². The van der Waals surface area contributed by atoms with Crippen LogP contribution in [-0.2, 0) is 20.4 Å². The molecule has 10 nitrogen and oxygen atoms in total. The molecule has 0 spiro atoms. The SMILES string of the molecule is CNC(=O)[C@H](CC(C)C)NC(=O)[C@H](CC(C)C)CP(=O)(O)Cn1c(=O)[nH]c2ccccc2c1=O. The van der Waals surface area contributed by atoms with Gasteiger partial charge in [0.25, 0.3) is 5.56 Å². The number of amides is 2. The highest BCUT2D eigenvalue weighted by atomic mass is 31.2. The number of carbonyl (C=O) groups is 2. The van der Waals surface area contributed by atoms with E-state index in [0.717, 1.165) is 0 Å². The predicted molar refractivity (Wildman–Crippen MR) is 132 cm³/mol. The van der Waals surface area contributed by atoms with Crippen molar-refractivity contribution in [3.63, 3.8) is 0 Å². The minimum absolute atomic E-state index is 0.0334. The van der Waals surface area contributed by atoms with Crippen molar-refractivity contribution >= 4 is 30.1 Å². The lowest BCUT2D eigenvalue weighted by Crippen LogP contribution is -2.49. The molecule has 0 bridgehead atoms. The second kappa shape index (κ2) is 11.6. The van der Waals surface area contributed by atoms with Crippen LogP contribution in [-0.4, -0.2) is 45.5 Å². The van der Waals surface area contributed by atoms with E-state index in [-0.39, 0.29) is 23.1 Å². The Kier molecular flexibility index (Phi) is 9.41. The van der Waals surface area contributed by atoms with Crippen LogP contribution in [0.25, 0.3) is 10.9 Å². The Labute approximate surface area is 198 Å². The molecule has 0 saturated carbocycles. The molecule has 11 heteroatoms. The molecule has 0 fully saturated rings. The minimum Gasteiger partial charge on any atom is -0.357 e. The van der Waals surface area contributed by atoms with Gasteiger partial charge in [0.05, 0.1) is 10.9 Å². The maximum atomic E-state index is 13.2. The first-order valence-electron chi connectivity index (χ1n) is 11.4. The summed E-state index contributed by atoms with van der Waals surface area (Å²) in [5.74, 6) is -1.54. The molecule has 1 aromatic heterocycles. The average Bonchev–Trinajstić information content (AvgIpc) is 2.74. The molecule has 2 aromatic rings. The zero-order chi connectivity index (χ0) is 25.6. The molecular weight excluding hydrogens is 459 g/mol. The summed E-state index contributed by atoms with van der Waals surface area (Å²) in [6.45, 7) is 7.61. The van der Waals surface area contributed by atoms with Gasteiger partial charge >= 0.3 is 5.69 Å². The van der Waals surface area contributed by atoms with Crippen molar-refractivity contribution in [2.45, 2.75) is 52.9 Å². The lowest BCUT2D eigenvalue weighted by atomic mass is 9.96. The van der Waals surface area contributed by atoms with Crippen LogP contribution in [0.5, 0.6) is 0 Å². The molecule has 0 radical (unpaired) electrons. The second-order valence-electron chi connectivity index (χ2n) is 9.51. The number of nitrogens with zero attached hydrogens (tertiary/aromatic N) is 1. The van der Waals surface area contributed by atoms with Crippen LogP contribution in [0.2, 0.25) is 0 Å². The highest BCUT2D eigenvalue weighted by Gasteiger charge is 2.33. The molecule has 0 aliphatic carbocycles. The fourth-order valence-corrected chi connectivity index (χ4v) is 5.77. The van der Waals surface area contributed by atoms with Gasteiger partial charge in [0.1, 0.15) is 12.3 Å². The van der Waals surface area contributed by atoms with E-state index < -0.39 is 48.9 Å². The standard InChI is InChI=1S/C23H35N4O6P/c1-14(2)10-16(20(28)25-19(11-15(3)4)21(29)24-5)12-34(32,33)13-27-22(30)17-8-6-7-9-18(17)26-23(27)31/h6-9,14-16,19H,10-13H2,1-5H3,(H,24,29)(H,25,28)(H,26,31)(H,32,33)/t16-,19+/m1/s1. The summed E-state index contributed by atoms with van der Waals surface area (Å²) in [7, 11) is -2.65. The van der Waals surface area contributed by atoms with Crippen molar-refractivity contribution in [2.75, 3.05) is 13.2 Å². The van der Waals surface area contributed by atoms with Crippen molar-refractivity contribution in [1.82, 2.24) is 20.2 Å². The number of aromatic amines is 1. The third kappa shape index (κ3) is 7.40. The van der Waals surface area contributed by atoms with E-state index in [2.05, 4.69) is 15.6 Å². The number of para-hydroxylation sites is 1. The third-order valence-electron chi connectivity index (χ3n) is 5.47. The van der Waals surface area contributed by atoms with Gasteiger partial charge in [-0.2, -0.15) is 0 Å². The first-order valence-corrected chi connectivity index (χ1v) is 13.4. The number of carbonyl (C=O) groups excluding carboxylic acids is 2. The second-order valence-corrected chi connectivity index (χ2v) is 11.9. The van der Waals surface area contributed by atoms with Crippen molar-refractivity contribution in [3.05, 3.63) is 45.1 Å². The van der Waals surface area contributed by atoms with Gasteiger partial charge in [-0.3, -0.25) is 23.5 Å². The van der Waals surface area contributed by atoms with E-state index in [0.29, 0.717) is 22.9 Å². The van der Waals surface area contributed by atoms with Crippen LogP contribution in [0.15, 0.2) is 33.9 Å². The lowest BCUT2D eigenvalue weighted by Gasteiger charge is -2.25. The fraction of sp³-hybridized carbons (Fsp3) is 0.565. The summed E-state index contributed by atoms with van der Waals surface area (Å²) in [5.41, 5.74) is -1.13. The normalized spacial score (nSPS) is 15.2. The van der Waals surface area contributed by atoms with E-state index in [1.54, 1.807) is 18.2 Å². The lowest BCUT2D eigenvalue weighted by molar-refractivity contribution is -0.131. The molecule has 1 unspecified atom stereocenters. The number of fused-ring (bicyclic) bond motifs is 1. The quantitative estimate of drug-likeness (QED) is 0.350. The number of hydrogen-bond acceptors (Lipinski definition) is 5. The Hall–Kier alpha value is -2.71. The van der Waals surface area contributed by atoms with Crippen molar-refractivity contribution < 1.29 is 19.0 Å². The Bertz CT molecular complexity index is 1190. The molecule has 34 heavy (non-hydrogen) atoms. The minimum atomic E-state index is -4.13. The molecule has 0 aliphatic rings. The van der Waals surface area contributed by atoms with Crippen LogP contribution in [0.4, 0.5) is 0 Å². The Balaban J connectivity index is 2.30. The van der Waals surface area contributed by atoms with Crippen molar-refractivity contribution in [2.24, 2.45) is 17.8 Å². The molecule has 0 saturated heterocycles. The van der Waals surface area contributed by atoms with E-state index in [9.17, 15) is 28.6 Å². The Morgan fingerprint density at radius 1 is 1.06 bits per heavy atom. The van der Waals surface area contributed by atoms with E-state index in [4.69, 9.17) is 0 Å². The molecule has 1 aromatic carbocycles. The number of nitrogens with one attached hydrogen (secondary N) is 3. The predicted octanol–water partition coefficient (Wildman–Crippen LogP) is 1.86. The molecule has 188 valence electrons. The van der Waals surface area contributed by atoms with E-state index in [1.807, 2.05) is 27.7 Å². The molecular formula is C23H35N4O6P. The van der Waals surface area contributed by atoms with Gasteiger partial charge in [-0.1, -0.05) is 39.8 Å². The van der Waals surface area contributed by atoms with Crippen LogP contribution >= 0.6 is 7.37 Å². The van der Waals surface area contributed by atoms with Crippen molar-refractivity contribution in [1.29, 1.82) is 0 Å². The van der Waals surface area contributed by atoms with E-state index >= 15 is 0 Å². The number of benzene rings is 1. The summed E-state index contributed by atoms with van der Waals surface area (Å²) in [6, 6.07) is 5.63. The fourth-order valence-electron chi connectivity index (χ4n) is 3.95. The largest absolute Gasteiger partial charge is 0.357 e. The van der Waals surface area contributed by atoms with Gasteiger partial charge in [-0.15, -0.1) is 0 Å². The first kappa shape index (κ1) is 27.5. The molecule has 3 atom stereocenters. The van der Waals surface area contributed by atoms with Gasteiger partial charge in [-0.25, -0.2) is 4.79 Å². The number of aromatic nitrogens is 2. The van der Waals surface area contributed by atoms with Gasteiger partial charge < -0.3 is 20.5 Å². The zero-order valence-corrected chi connectivity index (χ0v) is 21.2. The highest BCUT2D eigenvalue weighted by Crippen LogP contribution is 2.44.